The smallest absolute Gasteiger partial charge is 0.352 e. The van der Waals surface area contributed by atoms with Gasteiger partial charge >= 0.3 is 5.97 Å². The molecule has 4 nitrogen and oxygen atoms in total. The van der Waals surface area contributed by atoms with Crippen molar-refractivity contribution in [2.45, 2.75) is 6.92 Å². The molecule has 1 aromatic heterocycles. The molecule has 0 radical (unpaired) electrons. The Morgan fingerprint density at radius 2 is 1.84 bits per heavy atom. The molecule has 0 aliphatic carbocycles. The van der Waals surface area contributed by atoms with E-state index in [-0.39, 0.29) is 5.56 Å². The standard InChI is InChI=1S/C12H8F3NO3/c1-4-9(12(18)19)16(2)10-5(11(4)17)3-6(13)7(14)8(10)15/h3H,1-2H3,(H,18,19). The molecular weight excluding hydrogens is 263 g/mol. The Labute approximate surface area is 104 Å². The maximum absolute atomic E-state index is 13.7. The molecule has 0 spiro atoms. The number of carboxylic acids is 1. The van der Waals surface area contributed by atoms with Gasteiger partial charge in [-0.25, -0.2) is 18.0 Å². The van der Waals surface area contributed by atoms with E-state index in [2.05, 4.69) is 0 Å². The van der Waals surface area contributed by atoms with Crippen LogP contribution in [0.25, 0.3) is 10.9 Å². The number of fused-ring (bicyclic) bond motifs is 1. The first kappa shape index (κ1) is 13.1. The molecule has 0 atom stereocenters. The lowest BCUT2D eigenvalue weighted by Gasteiger charge is -2.13. The van der Waals surface area contributed by atoms with Gasteiger partial charge in [0.15, 0.2) is 22.9 Å². The number of hydrogen-bond donors (Lipinski definition) is 1. The molecule has 0 bridgehead atoms. The zero-order valence-electron chi connectivity index (χ0n) is 9.92. The summed E-state index contributed by atoms with van der Waals surface area (Å²) in [6.07, 6.45) is 0. The summed E-state index contributed by atoms with van der Waals surface area (Å²) < 4.78 is 40.9. The highest BCUT2D eigenvalue weighted by Crippen LogP contribution is 2.22. The molecule has 2 rings (SSSR count). The Morgan fingerprint density at radius 3 is 2.37 bits per heavy atom. The Morgan fingerprint density at radius 1 is 1.26 bits per heavy atom. The van der Waals surface area contributed by atoms with E-state index in [0.29, 0.717) is 6.07 Å². The van der Waals surface area contributed by atoms with Crippen LogP contribution >= 0.6 is 0 Å². The number of halogens is 3. The zero-order valence-corrected chi connectivity index (χ0v) is 9.92. The maximum atomic E-state index is 13.7. The Bertz CT molecular complexity index is 780. The molecule has 0 amide bonds. The number of aromatic nitrogens is 1. The second-order valence-corrected chi connectivity index (χ2v) is 4.05. The summed E-state index contributed by atoms with van der Waals surface area (Å²) >= 11 is 0. The fourth-order valence-electron chi connectivity index (χ4n) is 2.06. The normalized spacial score (nSPS) is 11.0. The van der Waals surface area contributed by atoms with Gasteiger partial charge in [-0.15, -0.1) is 0 Å². The minimum atomic E-state index is -1.75. The van der Waals surface area contributed by atoms with Crippen LogP contribution in [0.4, 0.5) is 13.2 Å². The summed E-state index contributed by atoms with van der Waals surface area (Å²) in [5.41, 5.74) is -2.06. The number of carbonyl (C=O) groups is 1. The van der Waals surface area contributed by atoms with Crippen molar-refractivity contribution in [3.05, 3.63) is 45.0 Å². The van der Waals surface area contributed by atoms with Gasteiger partial charge in [0.25, 0.3) is 0 Å². The van der Waals surface area contributed by atoms with Crippen molar-refractivity contribution < 1.29 is 23.1 Å². The molecule has 1 aromatic carbocycles. The fraction of sp³-hybridized carbons (Fsp3) is 0.167. The summed E-state index contributed by atoms with van der Waals surface area (Å²) in [6.45, 7) is 1.23. The third-order valence-electron chi connectivity index (χ3n) is 2.95. The van der Waals surface area contributed by atoms with Crippen LogP contribution < -0.4 is 5.43 Å². The number of aromatic carboxylic acids is 1. The number of benzene rings is 1. The number of hydrogen-bond acceptors (Lipinski definition) is 2. The highest BCUT2D eigenvalue weighted by Gasteiger charge is 2.23. The number of carboxylic acid groups (broad SMARTS) is 1. The van der Waals surface area contributed by atoms with E-state index < -0.39 is 45.4 Å². The van der Waals surface area contributed by atoms with Crippen molar-refractivity contribution in [3.63, 3.8) is 0 Å². The van der Waals surface area contributed by atoms with Crippen molar-refractivity contribution in [1.29, 1.82) is 0 Å². The van der Waals surface area contributed by atoms with E-state index in [1.165, 1.54) is 14.0 Å². The molecule has 0 aliphatic rings. The van der Waals surface area contributed by atoms with Gasteiger partial charge in [-0.3, -0.25) is 4.79 Å². The quantitative estimate of drug-likeness (QED) is 0.806. The number of aryl methyl sites for hydroxylation is 1. The second-order valence-electron chi connectivity index (χ2n) is 4.05. The highest BCUT2D eigenvalue weighted by molar-refractivity contribution is 5.92. The van der Waals surface area contributed by atoms with Gasteiger partial charge in [-0.2, -0.15) is 0 Å². The van der Waals surface area contributed by atoms with Gasteiger partial charge in [0.2, 0.25) is 0 Å². The lowest BCUT2D eigenvalue weighted by Crippen LogP contribution is -2.21. The van der Waals surface area contributed by atoms with E-state index in [0.717, 1.165) is 4.57 Å². The predicted octanol–water partition coefficient (Wildman–Crippen LogP) is 1.96. The van der Waals surface area contributed by atoms with Crippen LogP contribution in [0.15, 0.2) is 10.9 Å². The Balaban J connectivity index is 3.18. The minimum Gasteiger partial charge on any atom is -0.477 e. The minimum absolute atomic E-state index is 0.173. The monoisotopic (exact) mass is 271 g/mol. The van der Waals surface area contributed by atoms with Crippen molar-refractivity contribution in [2.75, 3.05) is 0 Å². The number of pyridine rings is 1. The van der Waals surface area contributed by atoms with Gasteiger partial charge in [-0.1, -0.05) is 0 Å². The van der Waals surface area contributed by atoms with E-state index >= 15 is 0 Å². The van der Waals surface area contributed by atoms with Gasteiger partial charge in [0, 0.05) is 12.6 Å². The maximum Gasteiger partial charge on any atom is 0.352 e. The van der Waals surface area contributed by atoms with E-state index in [1.54, 1.807) is 0 Å². The molecule has 7 heteroatoms. The first-order valence-corrected chi connectivity index (χ1v) is 5.17. The van der Waals surface area contributed by atoms with Crippen LogP contribution in [0.1, 0.15) is 16.1 Å². The molecule has 2 aromatic rings. The first-order chi connectivity index (χ1) is 8.77. The number of nitrogens with zero attached hydrogens (tertiary/aromatic N) is 1. The van der Waals surface area contributed by atoms with E-state index in [9.17, 15) is 22.8 Å². The second kappa shape index (κ2) is 4.11. The van der Waals surface area contributed by atoms with Crippen molar-refractivity contribution >= 4 is 16.9 Å². The highest BCUT2D eigenvalue weighted by atomic mass is 19.2. The van der Waals surface area contributed by atoms with Crippen molar-refractivity contribution in [2.24, 2.45) is 7.05 Å². The zero-order chi connectivity index (χ0) is 14.5. The lowest BCUT2D eigenvalue weighted by molar-refractivity contribution is 0.0685. The van der Waals surface area contributed by atoms with Crippen LogP contribution in [0.3, 0.4) is 0 Å². The molecule has 0 saturated carbocycles. The largest absolute Gasteiger partial charge is 0.477 e. The molecule has 1 N–H and O–H groups in total. The van der Waals surface area contributed by atoms with Gasteiger partial charge < -0.3 is 9.67 Å². The Kier molecular flexibility index (Phi) is 2.84. The molecule has 19 heavy (non-hydrogen) atoms. The van der Waals surface area contributed by atoms with Crippen LogP contribution in [0.5, 0.6) is 0 Å². The molecule has 0 aliphatic heterocycles. The van der Waals surface area contributed by atoms with Gasteiger partial charge in [0.1, 0.15) is 5.69 Å². The van der Waals surface area contributed by atoms with E-state index in [4.69, 9.17) is 5.11 Å². The fourth-order valence-corrected chi connectivity index (χ4v) is 2.06. The van der Waals surface area contributed by atoms with Crippen molar-refractivity contribution in [1.82, 2.24) is 4.57 Å². The van der Waals surface area contributed by atoms with Crippen molar-refractivity contribution in [3.8, 4) is 0 Å². The van der Waals surface area contributed by atoms with Gasteiger partial charge in [-0.05, 0) is 13.0 Å². The third-order valence-corrected chi connectivity index (χ3v) is 2.95. The summed E-state index contributed by atoms with van der Waals surface area (Å²) in [5.74, 6) is -6.28. The average molecular weight is 271 g/mol. The van der Waals surface area contributed by atoms with E-state index in [1.807, 2.05) is 0 Å². The topological polar surface area (TPSA) is 59.3 Å². The summed E-state index contributed by atoms with van der Waals surface area (Å²) in [5, 5.41) is 8.59. The van der Waals surface area contributed by atoms with Crippen LogP contribution in [-0.2, 0) is 7.05 Å². The average Bonchev–Trinajstić information content (AvgIpc) is 2.32. The molecule has 0 fully saturated rings. The Hall–Kier alpha value is -2.31. The van der Waals surface area contributed by atoms with Gasteiger partial charge in [0.05, 0.1) is 10.9 Å². The predicted molar refractivity (Wildman–Crippen MR) is 60.8 cm³/mol. The summed E-state index contributed by atoms with van der Waals surface area (Å²) in [7, 11) is 1.17. The van der Waals surface area contributed by atoms with Crippen LogP contribution in [-0.4, -0.2) is 15.6 Å². The molecule has 0 saturated heterocycles. The summed E-state index contributed by atoms with van der Waals surface area (Å²) in [6, 6.07) is 0.564. The summed E-state index contributed by atoms with van der Waals surface area (Å²) in [4.78, 5) is 22.9. The number of rotatable bonds is 1. The molecular formula is C12H8F3NO3. The lowest BCUT2D eigenvalue weighted by atomic mass is 10.1. The molecule has 100 valence electrons. The molecule has 0 unspecified atom stereocenters. The third kappa shape index (κ3) is 1.69. The molecule has 1 heterocycles. The first-order valence-electron chi connectivity index (χ1n) is 5.17. The SMILES string of the molecule is Cc1c(C(=O)O)n(C)c2c(F)c(F)c(F)cc2c1=O. The van der Waals surface area contributed by atoms with Crippen LogP contribution in [0, 0.1) is 24.4 Å². The van der Waals surface area contributed by atoms with Crippen LogP contribution in [0.2, 0.25) is 0 Å².